The summed E-state index contributed by atoms with van der Waals surface area (Å²) in [6.07, 6.45) is 2.63. The lowest BCUT2D eigenvalue weighted by Gasteiger charge is -2.37. The Morgan fingerprint density at radius 2 is 1.74 bits per heavy atom. The maximum Gasteiger partial charge on any atom is 0.352 e. The average molecular weight is 422 g/mol. The molecule has 1 aromatic carbocycles. The van der Waals surface area contributed by atoms with Gasteiger partial charge in [-0.3, -0.25) is 14.7 Å². The molecule has 0 saturated carbocycles. The van der Waals surface area contributed by atoms with E-state index in [1.807, 2.05) is 41.3 Å². The molecule has 0 spiro atoms. The number of carboxylic acid groups (broad SMARTS) is 2. The van der Waals surface area contributed by atoms with Crippen molar-refractivity contribution in [3.63, 3.8) is 0 Å². The van der Waals surface area contributed by atoms with Crippen LogP contribution in [0.25, 0.3) is 10.9 Å². The highest BCUT2D eigenvalue weighted by Gasteiger charge is 2.36. The molecule has 0 amide bonds. The maximum atomic E-state index is 12.4. The third-order valence-corrected chi connectivity index (χ3v) is 6.04. The number of carbonyl (C=O) groups is 2. The Balaban J connectivity index is 1.55. The van der Waals surface area contributed by atoms with Gasteiger partial charge in [0.2, 0.25) is 0 Å². The number of hydrogen-bond acceptors (Lipinski definition) is 5. The van der Waals surface area contributed by atoms with E-state index in [-0.39, 0.29) is 5.69 Å². The fourth-order valence-corrected chi connectivity index (χ4v) is 4.48. The maximum absolute atomic E-state index is 12.4. The number of aryl methyl sites for hydroxylation is 1. The predicted octanol–water partition coefficient (Wildman–Crippen LogP) is 2.26. The molecule has 1 aliphatic heterocycles. The molecule has 2 aromatic heterocycles. The van der Waals surface area contributed by atoms with Crippen molar-refractivity contribution in [1.29, 1.82) is 0 Å². The van der Waals surface area contributed by atoms with Crippen molar-refractivity contribution in [2.75, 3.05) is 32.7 Å². The molecule has 1 fully saturated rings. The zero-order chi connectivity index (χ0) is 22.0. The molecular formula is C23H26N4O4. The van der Waals surface area contributed by atoms with Gasteiger partial charge in [-0.2, -0.15) is 0 Å². The SMILES string of the molecule is Cn1c(C(=O)O)c(C(C(=O)O)N2CCN(CCc3ccccn3)CC2)c2ccccc21. The highest BCUT2D eigenvalue weighted by atomic mass is 16.4. The van der Waals surface area contributed by atoms with E-state index < -0.39 is 18.0 Å². The molecule has 162 valence electrons. The minimum Gasteiger partial charge on any atom is -0.480 e. The summed E-state index contributed by atoms with van der Waals surface area (Å²) in [6, 6.07) is 12.1. The molecule has 2 N–H and O–H groups in total. The van der Waals surface area contributed by atoms with Crippen molar-refractivity contribution in [2.45, 2.75) is 12.5 Å². The second-order valence-corrected chi connectivity index (χ2v) is 7.83. The second-order valence-electron chi connectivity index (χ2n) is 7.83. The van der Waals surface area contributed by atoms with Crippen LogP contribution in [0.2, 0.25) is 0 Å². The van der Waals surface area contributed by atoms with Crippen molar-refractivity contribution in [3.8, 4) is 0 Å². The summed E-state index contributed by atoms with van der Waals surface area (Å²) >= 11 is 0. The quantitative estimate of drug-likeness (QED) is 0.603. The van der Waals surface area contributed by atoms with E-state index >= 15 is 0 Å². The molecule has 0 aliphatic carbocycles. The lowest BCUT2D eigenvalue weighted by molar-refractivity contribution is -0.144. The molecule has 0 radical (unpaired) electrons. The number of para-hydroxylation sites is 1. The second kappa shape index (κ2) is 8.87. The molecule has 3 aromatic rings. The molecule has 1 saturated heterocycles. The Labute approximate surface area is 180 Å². The summed E-state index contributed by atoms with van der Waals surface area (Å²) in [5.41, 5.74) is 2.15. The smallest absolute Gasteiger partial charge is 0.352 e. The fourth-order valence-electron chi connectivity index (χ4n) is 4.48. The Morgan fingerprint density at radius 1 is 1.03 bits per heavy atom. The van der Waals surface area contributed by atoms with Crippen molar-refractivity contribution in [1.82, 2.24) is 19.4 Å². The first-order valence-electron chi connectivity index (χ1n) is 10.4. The Kier molecular flexibility index (Phi) is 6.01. The molecular weight excluding hydrogens is 396 g/mol. The van der Waals surface area contributed by atoms with Crippen molar-refractivity contribution in [2.24, 2.45) is 7.05 Å². The normalized spacial score (nSPS) is 16.4. The molecule has 8 heteroatoms. The Hall–Kier alpha value is -3.23. The van der Waals surface area contributed by atoms with Crippen LogP contribution in [0.4, 0.5) is 0 Å². The van der Waals surface area contributed by atoms with Gasteiger partial charge in [0.05, 0.1) is 0 Å². The van der Waals surface area contributed by atoms with Crippen LogP contribution >= 0.6 is 0 Å². The minimum absolute atomic E-state index is 0.0335. The number of benzene rings is 1. The summed E-state index contributed by atoms with van der Waals surface area (Å²) < 4.78 is 1.58. The first kappa shape index (κ1) is 21.0. The minimum atomic E-state index is -1.12. The number of hydrogen-bond donors (Lipinski definition) is 2. The van der Waals surface area contributed by atoms with Gasteiger partial charge in [0.25, 0.3) is 0 Å². The zero-order valence-electron chi connectivity index (χ0n) is 17.4. The summed E-state index contributed by atoms with van der Waals surface area (Å²) in [5.74, 6) is -2.14. The highest BCUT2D eigenvalue weighted by Crippen LogP contribution is 2.34. The molecule has 8 nitrogen and oxygen atoms in total. The van der Waals surface area contributed by atoms with Crippen LogP contribution in [0.5, 0.6) is 0 Å². The lowest BCUT2D eigenvalue weighted by Crippen LogP contribution is -2.49. The van der Waals surface area contributed by atoms with Gasteiger partial charge in [0.15, 0.2) is 0 Å². The number of rotatable bonds is 7. The molecule has 1 aliphatic rings. The molecule has 3 heterocycles. The van der Waals surface area contributed by atoms with Crippen LogP contribution in [0.1, 0.15) is 27.8 Å². The van der Waals surface area contributed by atoms with E-state index in [9.17, 15) is 19.8 Å². The van der Waals surface area contributed by atoms with Gasteiger partial charge in [-0.1, -0.05) is 24.3 Å². The van der Waals surface area contributed by atoms with Gasteiger partial charge >= 0.3 is 11.9 Å². The standard InChI is InChI=1S/C23H26N4O4/c1-25-18-8-3-2-7-17(18)19(20(25)22(28)29)21(23(30)31)27-14-12-26(13-15-27)11-9-16-6-4-5-10-24-16/h2-8,10,21H,9,11-15H2,1H3,(H,28,29)(H,30,31). The lowest BCUT2D eigenvalue weighted by atomic mass is 10.00. The van der Waals surface area contributed by atoms with Gasteiger partial charge in [-0.05, 0) is 18.2 Å². The Morgan fingerprint density at radius 3 is 2.39 bits per heavy atom. The number of piperazine rings is 1. The van der Waals surface area contributed by atoms with Crippen molar-refractivity contribution < 1.29 is 19.8 Å². The monoisotopic (exact) mass is 422 g/mol. The predicted molar refractivity (Wildman–Crippen MR) is 116 cm³/mol. The fraction of sp³-hybridized carbons (Fsp3) is 0.348. The first-order valence-corrected chi connectivity index (χ1v) is 10.4. The van der Waals surface area contributed by atoms with Crippen LogP contribution in [-0.2, 0) is 18.3 Å². The molecule has 1 unspecified atom stereocenters. The number of aliphatic carboxylic acids is 1. The Bertz CT molecular complexity index is 1090. The number of nitrogens with zero attached hydrogens (tertiary/aromatic N) is 4. The van der Waals surface area contributed by atoms with E-state index in [1.165, 1.54) is 0 Å². The summed E-state index contributed by atoms with van der Waals surface area (Å²) in [6.45, 7) is 3.42. The number of fused-ring (bicyclic) bond motifs is 1. The first-order chi connectivity index (χ1) is 15.0. The number of carboxylic acids is 2. The van der Waals surface area contributed by atoms with Crippen LogP contribution in [-0.4, -0.2) is 74.2 Å². The summed E-state index contributed by atoms with van der Waals surface area (Å²) in [4.78, 5) is 32.9. The molecule has 4 rings (SSSR count). The largest absolute Gasteiger partial charge is 0.480 e. The van der Waals surface area contributed by atoms with Crippen LogP contribution in [0.3, 0.4) is 0 Å². The van der Waals surface area contributed by atoms with E-state index in [1.54, 1.807) is 23.9 Å². The van der Waals surface area contributed by atoms with Gasteiger partial charge in [-0.25, -0.2) is 4.79 Å². The number of pyridine rings is 1. The van der Waals surface area contributed by atoms with Crippen molar-refractivity contribution in [3.05, 3.63) is 65.6 Å². The van der Waals surface area contributed by atoms with Crippen molar-refractivity contribution >= 4 is 22.8 Å². The zero-order valence-corrected chi connectivity index (χ0v) is 17.4. The highest BCUT2D eigenvalue weighted by molar-refractivity contribution is 6.01. The van der Waals surface area contributed by atoms with Crippen LogP contribution < -0.4 is 0 Å². The van der Waals surface area contributed by atoms with E-state index in [0.717, 1.165) is 37.3 Å². The van der Waals surface area contributed by atoms with Gasteiger partial charge < -0.3 is 19.7 Å². The number of aromatic carboxylic acids is 1. The van der Waals surface area contributed by atoms with Gasteiger partial charge in [-0.15, -0.1) is 0 Å². The summed E-state index contributed by atoms with van der Waals surface area (Å²) in [5, 5.41) is 20.6. The average Bonchev–Trinajstić information content (AvgIpc) is 3.06. The topological polar surface area (TPSA) is 98.9 Å². The molecule has 31 heavy (non-hydrogen) atoms. The number of aromatic nitrogens is 2. The van der Waals surface area contributed by atoms with Gasteiger partial charge in [0, 0.05) is 74.5 Å². The van der Waals surface area contributed by atoms with E-state index in [0.29, 0.717) is 24.0 Å². The van der Waals surface area contributed by atoms with E-state index in [4.69, 9.17) is 0 Å². The van der Waals surface area contributed by atoms with E-state index in [2.05, 4.69) is 9.88 Å². The van der Waals surface area contributed by atoms with Crippen LogP contribution in [0, 0.1) is 0 Å². The van der Waals surface area contributed by atoms with Gasteiger partial charge in [0.1, 0.15) is 11.7 Å². The molecule has 0 bridgehead atoms. The summed E-state index contributed by atoms with van der Waals surface area (Å²) in [7, 11) is 1.67. The third kappa shape index (κ3) is 4.17. The third-order valence-electron chi connectivity index (χ3n) is 6.04. The molecule has 1 atom stereocenters. The van der Waals surface area contributed by atoms with Crippen LogP contribution in [0.15, 0.2) is 48.7 Å².